The Morgan fingerprint density at radius 1 is 1.50 bits per heavy atom. The van der Waals surface area contributed by atoms with Crippen LogP contribution in [0.25, 0.3) is 0 Å². The number of hydrogen-bond acceptors (Lipinski definition) is 2. The largest absolute Gasteiger partial charge is 0.377 e. The van der Waals surface area contributed by atoms with Gasteiger partial charge in [-0.1, -0.05) is 6.07 Å². The first-order valence-electron chi connectivity index (χ1n) is 4.40. The van der Waals surface area contributed by atoms with Crippen LogP contribution in [0, 0.1) is 5.82 Å². The van der Waals surface area contributed by atoms with Crippen LogP contribution < -0.4 is 5.32 Å². The highest BCUT2D eigenvalue weighted by Crippen LogP contribution is 2.05. The average Bonchev–Trinajstić information content (AvgIpc) is 2.11. The van der Waals surface area contributed by atoms with Crippen LogP contribution in [0.4, 0.5) is 4.39 Å². The topological polar surface area (TPSA) is 38.3 Å². The first-order chi connectivity index (χ1) is 6.75. The Balaban J connectivity index is 2.02. The van der Waals surface area contributed by atoms with Gasteiger partial charge in [0.2, 0.25) is 0 Å². The van der Waals surface area contributed by atoms with Crippen LogP contribution in [0.3, 0.4) is 0 Å². The van der Waals surface area contributed by atoms with Crippen molar-refractivity contribution in [3.63, 3.8) is 0 Å². The quantitative estimate of drug-likeness (QED) is 0.763. The number of nitrogens with one attached hydrogen (secondary N) is 1. The lowest BCUT2D eigenvalue weighted by atomic mass is 10.2. The Morgan fingerprint density at radius 2 is 2.29 bits per heavy atom. The molecule has 1 saturated heterocycles. The maximum atomic E-state index is 12.8. The highest BCUT2D eigenvalue weighted by molar-refractivity contribution is 5.94. The monoisotopic (exact) mass is 195 g/mol. The number of hydrogen-bond donors (Lipinski definition) is 1. The Kier molecular flexibility index (Phi) is 2.45. The number of amides is 1. The van der Waals surface area contributed by atoms with Crippen molar-refractivity contribution in [2.24, 2.45) is 0 Å². The molecule has 0 bridgehead atoms. The molecule has 2 rings (SSSR count). The van der Waals surface area contributed by atoms with E-state index < -0.39 is 5.82 Å². The van der Waals surface area contributed by atoms with Crippen molar-refractivity contribution in [2.75, 3.05) is 13.2 Å². The minimum atomic E-state index is -0.400. The van der Waals surface area contributed by atoms with E-state index in [1.54, 1.807) is 6.07 Å². The second-order valence-corrected chi connectivity index (χ2v) is 3.22. The van der Waals surface area contributed by atoms with Gasteiger partial charge in [0.25, 0.3) is 5.91 Å². The number of rotatable bonds is 2. The lowest BCUT2D eigenvalue weighted by Gasteiger charge is -2.26. The highest BCUT2D eigenvalue weighted by Gasteiger charge is 2.20. The summed E-state index contributed by atoms with van der Waals surface area (Å²) in [5.41, 5.74) is 0.344. The van der Waals surface area contributed by atoms with Gasteiger partial charge in [0, 0.05) is 5.56 Å². The summed E-state index contributed by atoms with van der Waals surface area (Å²) in [6.07, 6.45) is 0. The predicted octanol–water partition coefficient (Wildman–Crippen LogP) is 0.954. The van der Waals surface area contributed by atoms with E-state index in [9.17, 15) is 9.18 Å². The molecule has 0 saturated carbocycles. The molecule has 0 unspecified atom stereocenters. The number of halogens is 1. The summed E-state index contributed by atoms with van der Waals surface area (Å²) >= 11 is 0. The molecule has 0 spiro atoms. The third-order valence-electron chi connectivity index (χ3n) is 2.06. The van der Waals surface area contributed by atoms with Gasteiger partial charge in [0.15, 0.2) is 0 Å². The fraction of sp³-hybridized carbons (Fsp3) is 0.300. The number of carbonyl (C=O) groups excluding carboxylic acids is 1. The van der Waals surface area contributed by atoms with Crippen LogP contribution in [0.1, 0.15) is 10.4 Å². The van der Waals surface area contributed by atoms with Gasteiger partial charge in [0.1, 0.15) is 5.82 Å². The van der Waals surface area contributed by atoms with E-state index in [-0.39, 0.29) is 11.9 Å². The van der Waals surface area contributed by atoms with Gasteiger partial charge in [-0.05, 0) is 18.2 Å². The molecule has 14 heavy (non-hydrogen) atoms. The van der Waals surface area contributed by atoms with Crippen molar-refractivity contribution in [1.29, 1.82) is 0 Å². The summed E-state index contributed by atoms with van der Waals surface area (Å²) in [5, 5.41) is 2.73. The molecule has 74 valence electrons. The molecule has 1 aromatic carbocycles. The SMILES string of the molecule is O=C(NC1COC1)c1cccc(F)c1. The van der Waals surface area contributed by atoms with Crippen LogP contribution in [-0.4, -0.2) is 25.2 Å². The number of carbonyl (C=O) groups is 1. The second kappa shape index (κ2) is 3.75. The summed E-state index contributed by atoms with van der Waals surface area (Å²) in [7, 11) is 0. The fourth-order valence-electron chi connectivity index (χ4n) is 1.22. The van der Waals surface area contributed by atoms with Crippen molar-refractivity contribution in [2.45, 2.75) is 6.04 Å². The van der Waals surface area contributed by atoms with Crippen LogP contribution in [-0.2, 0) is 4.74 Å². The maximum Gasteiger partial charge on any atom is 0.251 e. The van der Waals surface area contributed by atoms with Crippen LogP contribution in [0.2, 0.25) is 0 Å². The molecule has 0 aromatic heterocycles. The third kappa shape index (κ3) is 1.90. The summed E-state index contributed by atoms with van der Waals surface area (Å²) in [5.74, 6) is -0.652. The van der Waals surface area contributed by atoms with Crippen molar-refractivity contribution >= 4 is 5.91 Å². The van der Waals surface area contributed by atoms with E-state index in [0.717, 1.165) is 0 Å². The predicted molar refractivity (Wildman–Crippen MR) is 48.5 cm³/mol. The molecule has 1 aliphatic heterocycles. The summed E-state index contributed by atoms with van der Waals surface area (Å²) in [6.45, 7) is 1.09. The third-order valence-corrected chi connectivity index (χ3v) is 2.06. The van der Waals surface area contributed by atoms with Crippen molar-refractivity contribution in [1.82, 2.24) is 5.32 Å². The number of ether oxygens (including phenoxy) is 1. The van der Waals surface area contributed by atoms with E-state index in [1.807, 2.05) is 0 Å². The van der Waals surface area contributed by atoms with E-state index in [2.05, 4.69) is 5.32 Å². The normalized spacial score (nSPS) is 16.1. The minimum Gasteiger partial charge on any atom is -0.377 e. The molecule has 0 radical (unpaired) electrons. The molecule has 1 fully saturated rings. The summed E-state index contributed by atoms with van der Waals surface area (Å²) < 4.78 is 17.7. The zero-order chi connectivity index (χ0) is 9.97. The Hall–Kier alpha value is -1.42. The van der Waals surface area contributed by atoms with Gasteiger partial charge < -0.3 is 10.1 Å². The highest BCUT2D eigenvalue weighted by atomic mass is 19.1. The zero-order valence-corrected chi connectivity index (χ0v) is 7.50. The van der Waals surface area contributed by atoms with Gasteiger partial charge in [-0.3, -0.25) is 4.79 Å². The molecular formula is C10H10FNO2. The van der Waals surface area contributed by atoms with Gasteiger partial charge in [-0.2, -0.15) is 0 Å². The molecule has 0 atom stereocenters. The van der Waals surface area contributed by atoms with E-state index in [1.165, 1.54) is 18.2 Å². The first kappa shape index (κ1) is 9.15. The molecule has 1 aliphatic rings. The molecule has 1 aromatic rings. The fourth-order valence-corrected chi connectivity index (χ4v) is 1.22. The summed E-state index contributed by atoms with van der Waals surface area (Å²) in [6, 6.07) is 5.70. The van der Waals surface area contributed by atoms with E-state index in [4.69, 9.17) is 4.74 Å². The van der Waals surface area contributed by atoms with Crippen molar-refractivity contribution in [3.05, 3.63) is 35.6 Å². The Labute approximate surface area is 80.9 Å². The summed E-state index contributed by atoms with van der Waals surface area (Å²) in [4.78, 5) is 11.5. The van der Waals surface area contributed by atoms with Crippen LogP contribution in [0.5, 0.6) is 0 Å². The van der Waals surface area contributed by atoms with Gasteiger partial charge >= 0.3 is 0 Å². The molecular weight excluding hydrogens is 185 g/mol. The second-order valence-electron chi connectivity index (χ2n) is 3.22. The van der Waals surface area contributed by atoms with Crippen molar-refractivity contribution < 1.29 is 13.9 Å². The molecule has 1 heterocycles. The molecule has 4 heteroatoms. The van der Waals surface area contributed by atoms with E-state index in [0.29, 0.717) is 18.8 Å². The number of benzene rings is 1. The average molecular weight is 195 g/mol. The Morgan fingerprint density at radius 3 is 2.86 bits per heavy atom. The lowest BCUT2D eigenvalue weighted by molar-refractivity contribution is -0.00346. The van der Waals surface area contributed by atoms with Crippen molar-refractivity contribution in [3.8, 4) is 0 Å². The van der Waals surface area contributed by atoms with Gasteiger partial charge in [-0.25, -0.2) is 4.39 Å². The molecule has 1 amide bonds. The van der Waals surface area contributed by atoms with Gasteiger partial charge in [-0.15, -0.1) is 0 Å². The Bertz CT molecular complexity index is 350. The molecule has 0 aliphatic carbocycles. The van der Waals surface area contributed by atoms with Crippen LogP contribution >= 0.6 is 0 Å². The van der Waals surface area contributed by atoms with E-state index >= 15 is 0 Å². The minimum absolute atomic E-state index is 0.0748. The maximum absolute atomic E-state index is 12.8. The smallest absolute Gasteiger partial charge is 0.251 e. The zero-order valence-electron chi connectivity index (χ0n) is 7.50. The molecule has 3 nitrogen and oxygen atoms in total. The molecule has 1 N–H and O–H groups in total. The van der Waals surface area contributed by atoms with Gasteiger partial charge in [0.05, 0.1) is 19.3 Å². The first-order valence-corrected chi connectivity index (χ1v) is 4.40. The standard InChI is InChI=1S/C10H10FNO2/c11-8-3-1-2-7(4-8)10(13)12-9-5-14-6-9/h1-4,9H,5-6H2,(H,12,13). The lowest BCUT2D eigenvalue weighted by Crippen LogP contribution is -2.48. The van der Waals surface area contributed by atoms with Crippen LogP contribution in [0.15, 0.2) is 24.3 Å².